The van der Waals surface area contributed by atoms with Gasteiger partial charge in [-0.1, -0.05) is 30.0 Å². The molecule has 0 unspecified atom stereocenters. The number of aromatic nitrogens is 3. The van der Waals surface area contributed by atoms with Crippen LogP contribution in [0.2, 0.25) is 0 Å². The summed E-state index contributed by atoms with van der Waals surface area (Å²) in [4.78, 5) is 22.1. The normalized spacial score (nSPS) is 11.7. The van der Waals surface area contributed by atoms with E-state index < -0.39 is 10.2 Å². The molecule has 10 heteroatoms. The van der Waals surface area contributed by atoms with E-state index >= 15 is 0 Å². The zero-order valence-corrected chi connectivity index (χ0v) is 16.5. The molecule has 1 aromatic heterocycles. The third kappa shape index (κ3) is 4.91. The van der Waals surface area contributed by atoms with E-state index in [4.69, 9.17) is 9.47 Å². The molecule has 0 bridgehead atoms. The Hall–Kier alpha value is -3.40. The first-order valence-corrected chi connectivity index (χ1v) is 9.49. The number of non-ortho nitro benzene ring substituents is 1. The molecule has 3 aromatic rings. The van der Waals surface area contributed by atoms with Crippen LogP contribution in [0.1, 0.15) is 12.7 Å². The van der Waals surface area contributed by atoms with Crippen LogP contribution < -0.4 is 4.74 Å². The van der Waals surface area contributed by atoms with Gasteiger partial charge in [0.25, 0.3) is 5.69 Å². The number of hydrogen-bond acceptors (Lipinski definition) is 8. The third-order valence-electron chi connectivity index (χ3n) is 3.95. The van der Waals surface area contributed by atoms with E-state index in [2.05, 4.69) is 10.2 Å². The third-order valence-corrected chi connectivity index (χ3v) is 4.97. The van der Waals surface area contributed by atoms with Gasteiger partial charge in [0.15, 0.2) is 11.0 Å². The van der Waals surface area contributed by atoms with Crippen molar-refractivity contribution in [2.75, 3.05) is 7.11 Å². The summed E-state index contributed by atoms with van der Waals surface area (Å²) in [5.74, 6) is 0.630. The highest BCUT2D eigenvalue weighted by atomic mass is 32.2. The number of carbonyl (C=O) groups excluding carboxylic acids is 1. The summed E-state index contributed by atoms with van der Waals surface area (Å²) in [5.41, 5.74) is 0.805. The maximum absolute atomic E-state index is 11.8. The van der Waals surface area contributed by atoms with E-state index in [1.165, 1.54) is 43.1 Å². The van der Waals surface area contributed by atoms with Gasteiger partial charge in [-0.3, -0.25) is 19.5 Å². The smallest absolute Gasteiger partial charge is 0.318 e. The van der Waals surface area contributed by atoms with Crippen LogP contribution in [0.5, 0.6) is 5.75 Å². The van der Waals surface area contributed by atoms with E-state index in [9.17, 15) is 14.9 Å². The summed E-state index contributed by atoms with van der Waals surface area (Å²) in [7, 11) is 1.34. The minimum absolute atomic E-state index is 0.0136. The second-order valence-electron chi connectivity index (χ2n) is 5.89. The number of para-hydroxylation sites is 1. The number of benzene rings is 2. The van der Waals surface area contributed by atoms with Gasteiger partial charge in [-0.2, -0.15) is 0 Å². The lowest BCUT2D eigenvalue weighted by atomic mass is 10.3. The molecule has 0 saturated heterocycles. The van der Waals surface area contributed by atoms with Crippen molar-refractivity contribution in [1.82, 2.24) is 14.8 Å². The van der Waals surface area contributed by atoms with Crippen LogP contribution >= 0.6 is 11.8 Å². The molecule has 2 aromatic carbocycles. The quantitative estimate of drug-likeness (QED) is 0.239. The molecule has 9 nitrogen and oxygen atoms in total. The minimum Gasteiger partial charge on any atom is -0.486 e. The topological polar surface area (TPSA) is 109 Å². The average Bonchev–Trinajstić information content (AvgIpc) is 3.14. The molecular weight excluding hydrogens is 396 g/mol. The number of carbonyl (C=O) groups is 1. The number of nitrogens with zero attached hydrogens (tertiary/aromatic N) is 4. The van der Waals surface area contributed by atoms with Crippen LogP contribution in [0.25, 0.3) is 5.69 Å². The van der Waals surface area contributed by atoms with E-state index in [1.807, 2.05) is 30.3 Å². The lowest BCUT2D eigenvalue weighted by molar-refractivity contribution is -0.384. The largest absolute Gasteiger partial charge is 0.486 e. The van der Waals surface area contributed by atoms with E-state index in [0.29, 0.717) is 16.7 Å². The van der Waals surface area contributed by atoms with Crippen molar-refractivity contribution in [2.45, 2.75) is 23.9 Å². The molecule has 0 aliphatic heterocycles. The lowest BCUT2D eigenvalue weighted by Gasteiger charge is -2.13. The Labute approximate surface area is 170 Å². The molecule has 0 fully saturated rings. The van der Waals surface area contributed by atoms with Crippen LogP contribution in [0.3, 0.4) is 0 Å². The molecular formula is C19H18N4O5S. The molecule has 0 aliphatic rings. The maximum atomic E-state index is 11.8. The molecule has 29 heavy (non-hydrogen) atoms. The number of thioether (sulfide) groups is 1. The van der Waals surface area contributed by atoms with Crippen molar-refractivity contribution in [1.29, 1.82) is 0 Å². The number of ether oxygens (including phenoxy) is 2. The van der Waals surface area contributed by atoms with Crippen LogP contribution in [0.4, 0.5) is 5.69 Å². The number of nitro groups is 1. The molecule has 150 valence electrons. The highest BCUT2D eigenvalue weighted by Crippen LogP contribution is 2.27. The predicted molar refractivity (Wildman–Crippen MR) is 106 cm³/mol. The van der Waals surface area contributed by atoms with Crippen molar-refractivity contribution in [3.63, 3.8) is 0 Å². The van der Waals surface area contributed by atoms with Crippen molar-refractivity contribution < 1.29 is 19.2 Å². The summed E-state index contributed by atoms with van der Waals surface area (Å²) in [6.07, 6.45) is 0. The Balaban J connectivity index is 1.84. The number of nitro benzene ring substituents is 1. The maximum Gasteiger partial charge on any atom is 0.318 e. The zero-order chi connectivity index (χ0) is 20.8. The van der Waals surface area contributed by atoms with Crippen LogP contribution in [-0.2, 0) is 16.1 Å². The Morgan fingerprint density at radius 3 is 2.48 bits per heavy atom. The Morgan fingerprint density at radius 1 is 1.17 bits per heavy atom. The number of esters is 1. The fourth-order valence-electron chi connectivity index (χ4n) is 2.49. The van der Waals surface area contributed by atoms with Crippen molar-refractivity contribution in [2.24, 2.45) is 0 Å². The van der Waals surface area contributed by atoms with Crippen molar-refractivity contribution in [3.05, 3.63) is 70.5 Å². The summed E-state index contributed by atoms with van der Waals surface area (Å²) >= 11 is 1.23. The monoisotopic (exact) mass is 414 g/mol. The van der Waals surface area contributed by atoms with Gasteiger partial charge >= 0.3 is 5.97 Å². The zero-order valence-electron chi connectivity index (χ0n) is 15.7. The molecule has 0 aliphatic carbocycles. The van der Waals surface area contributed by atoms with Gasteiger partial charge in [0.1, 0.15) is 17.6 Å². The Morgan fingerprint density at radius 2 is 1.86 bits per heavy atom. The Kier molecular flexibility index (Phi) is 6.45. The fraction of sp³-hybridized carbons (Fsp3) is 0.211. The summed E-state index contributed by atoms with van der Waals surface area (Å²) in [6.45, 7) is 1.82. The highest BCUT2D eigenvalue weighted by molar-refractivity contribution is 8.00. The SMILES string of the molecule is COC(=O)[C@@H](C)Sc1nnc(COc2ccc([N+](=O)[O-])cc2)n1-c1ccccc1. The highest BCUT2D eigenvalue weighted by Gasteiger charge is 2.21. The van der Waals surface area contributed by atoms with Gasteiger partial charge in [-0.05, 0) is 31.2 Å². The first kappa shape index (κ1) is 20.3. The molecule has 1 atom stereocenters. The van der Waals surface area contributed by atoms with Gasteiger partial charge in [0.2, 0.25) is 0 Å². The van der Waals surface area contributed by atoms with Crippen LogP contribution in [0, 0.1) is 10.1 Å². The van der Waals surface area contributed by atoms with Crippen molar-refractivity contribution in [3.8, 4) is 11.4 Å². The summed E-state index contributed by atoms with van der Waals surface area (Å²) in [6, 6.07) is 15.2. The molecule has 3 rings (SSSR count). The first-order chi connectivity index (χ1) is 14.0. The summed E-state index contributed by atoms with van der Waals surface area (Å²) in [5, 5.41) is 19.2. The van der Waals surface area contributed by atoms with Gasteiger partial charge in [0, 0.05) is 17.8 Å². The predicted octanol–water partition coefficient (Wildman–Crippen LogP) is 3.41. The van der Waals surface area contributed by atoms with Crippen molar-refractivity contribution >= 4 is 23.4 Å². The first-order valence-electron chi connectivity index (χ1n) is 8.61. The van der Waals surface area contributed by atoms with Crippen LogP contribution in [-0.4, -0.2) is 38.0 Å². The Bertz CT molecular complexity index is 992. The van der Waals surface area contributed by atoms with E-state index in [0.717, 1.165) is 5.69 Å². The molecule has 0 saturated carbocycles. The van der Waals surface area contributed by atoms with Gasteiger partial charge in [-0.25, -0.2) is 0 Å². The minimum atomic E-state index is -0.470. The number of methoxy groups -OCH3 is 1. The van der Waals surface area contributed by atoms with E-state index in [-0.39, 0.29) is 18.3 Å². The van der Waals surface area contributed by atoms with Gasteiger partial charge in [-0.15, -0.1) is 10.2 Å². The number of rotatable bonds is 8. The fourth-order valence-corrected chi connectivity index (χ4v) is 3.40. The molecule has 0 radical (unpaired) electrons. The molecule has 0 amide bonds. The summed E-state index contributed by atoms with van der Waals surface area (Å²) < 4.78 is 12.3. The lowest BCUT2D eigenvalue weighted by Crippen LogP contribution is -2.16. The van der Waals surface area contributed by atoms with Gasteiger partial charge < -0.3 is 9.47 Å². The second-order valence-corrected chi connectivity index (χ2v) is 7.20. The number of hydrogen-bond donors (Lipinski definition) is 0. The van der Waals surface area contributed by atoms with E-state index in [1.54, 1.807) is 11.5 Å². The molecule has 0 spiro atoms. The van der Waals surface area contributed by atoms with Crippen LogP contribution in [0.15, 0.2) is 59.8 Å². The molecule has 1 heterocycles. The van der Waals surface area contributed by atoms with Gasteiger partial charge in [0.05, 0.1) is 12.0 Å². The molecule has 0 N–H and O–H groups in total. The second kappa shape index (κ2) is 9.20. The average molecular weight is 414 g/mol. The standard InChI is InChI=1S/C19H18N4O5S/c1-13(18(24)27-2)29-19-21-20-17(22(19)14-6-4-3-5-7-14)12-28-16-10-8-15(9-11-16)23(25)26/h3-11,13H,12H2,1-2H3/t13-/m1/s1.